The van der Waals surface area contributed by atoms with Crippen molar-refractivity contribution in [3.05, 3.63) is 66.6 Å². The van der Waals surface area contributed by atoms with E-state index in [0.717, 1.165) is 28.3 Å². The molecule has 0 amide bonds. The number of anilines is 3. The van der Waals surface area contributed by atoms with Gasteiger partial charge >= 0.3 is 0 Å². The summed E-state index contributed by atoms with van der Waals surface area (Å²) in [5.74, 6) is 1.38. The molecule has 0 fully saturated rings. The van der Waals surface area contributed by atoms with Gasteiger partial charge in [-0.1, -0.05) is 0 Å². The van der Waals surface area contributed by atoms with E-state index in [-0.39, 0.29) is 6.54 Å². The number of imidazole rings is 1. The molecular formula is C24H28N6O4S. The molecule has 10 nitrogen and oxygen atoms in total. The van der Waals surface area contributed by atoms with Gasteiger partial charge in [-0.05, 0) is 55.0 Å². The van der Waals surface area contributed by atoms with Crippen LogP contribution in [0.3, 0.4) is 0 Å². The number of nitrogens with zero attached hydrogens (tertiary/aromatic N) is 4. The Morgan fingerprint density at radius 3 is 2.66 bits per heavy atom. The molecule has 11 heteroatoms. The number of hydrogen-bond donors (Lipinski definition) is 3. The van der Waals surface area contributed by atoms with Crippen molar-refractivity contribution >= 4 is 34.1 Å². The third-order valence-corrected chi connectivity index (χ3v) is 6.19. The summed E-state index contributed by atoms with van der Waals surface area (Å²) in [5, 5.41) is 3.32. The highest BCUT2D eigenvalue weighted by Gasteiger charge is 2.16. The fourth-order valence-electron chi connectivity index (χ4n) is 3.75. The zero-order valence-electron chi connectivity index (χ0n) is 19.5. The molecule has 0 spiro atoms. The van der Waals surface area contributed by atoms with E-state index in [1.807, 2.05) is 53.9 Å². The Morgan fingerprint density at radius 1 is 1.17 bits per heavy atom. The van der Waals surface area contributed by atoms with Gasteiger partial charge in [-0.15, -0.1) is 0 Å². The number of methoxy groups -OCH3 is 1. The molecule has 4 rings (SSSR count). The molecule has 2 aromatic carbocycles. The summed E-state index contributed by atoms with van der Waals surface area (Å²) in [6, 6.07) is 13.3. The molecule has 1 unspecified atom stereocenters. The van der Waals surface area contributed by atoms with Crippen LogP contribution < -0.4 is 20.1 Å². The fourth-order valence-corrected chi connectivity index (χ4v) is 4.35. The smallest absolute Gasteiger partial charge is 0.261 e. The first-order chi connectivity index (χ1) is 17.0. The van der Waals surface area contributed by atoms with Gasteiger partial charge in [0.15, 0.2) is 11.5 Å². The highest BCUT2D eigenvalue weighted by Crippen LogP contribution is 2.29. The van der Waals surface area contributed by atoms with Crippen molar-refractivity contribution in [3.8, 4) is 17.0 Å². The molecule has 0 saturated heterocycles. The molecule has 0 bridgehead atoms. The van der Waals surface area contributed by atoms with E-state index >= 15 is 0 Å². The number of benzene rings is 2. The largest absolute Gasteiger partial charge is 0.497 e. The highest BCUT2D eigenvalue weighted by molar-refractivity contribution is 7.80. The van der Waals surface area contributed by atoms with Crippen LogP contribution in [0.2, 0.25) is 0 Å². The fraction of sp³-hybridized carbons (Fsp3) is 0.250. The lowest BCUT2D eigenvalue weighted by atomic mass is 10.1. The van der Waals surface area contributed by atoms with Crippen LogP contribution in [0.15, 0.2) is 61.1 Å². The Balaban J connectivity index is 1.56. The molecule has 2 aromatic heterocycles. The van der Waals surface area contributed by atoms with Crippen LogP contribution in [-0.4, -0.2) is 56.5 Å². The Morgan fingerprint density at radius 2 is 1.97 bits per heavy atom. The van der Waals surface area contributed by atoms with Gasteiger partial charge in [0.05, 0.1) is 44.4 Å². The number of fused-ring (bicyclic) bond motifs is 1. The Hall–Kier alpha value is -3.51. The van der Waals surface area contributed by atoms with Crippen LogP contribution in [0.5, 0.6) is 5.75 Å². The number of rotatable bonds is 11. The molecule has 0 saturated carbocycles. The van der Waals surface area contributed by atoms with Crippen molar-refractivity contribution in [2.24, 2.45) is 5.73 Å². The van der Waals surface area contributed by atoms with Crippen molar-refractivity contribution in [1.29, 1.82) is 0 Å². The Labute approximate surface area is 206 Å². The van der Waals surface area contributed by atoms with Gasteiger partial charge in [-0.3, -0.25) is 13.3 Å². The molecule has 4 N–H and O–H groups in total. The first-order valence-electron chi connectivity index (χ1n) is 11.0. The molecule has 0 aliphatic rings. The van der Waals surface area contributed by atoms with Crippen LogP contribution >= 0.6 is 0 Å². The van der Waals surface area contributed by atoms with Gasteiger partial charge in [0.2, 0.25) is 0 Å². The van der Waals surface area contributed by atoms with Gasteiger partial charge in [0.1, 0.15) is 5.75 Å². The molecule has 0 radical (unpaired) electrons. The van der Waals surface area contributed by atoms with Crippen molar-refractivity contribution < 1.29 is 18.2 Å². The highest BCUT2D eigenvalue weighted by atomic mass is 32.2. The van der Waals surface area contributed by atoms with E-state index in [9.17, 15) is 8.76 Å². The first-order valence-corrected chi connectivity index (χ1v) is 12.1. The minimum Gasteiger partial charge on any atom is -0.497 e. The lowest BCUT2D eigenvalue weighted by Crippen LogP contribution is -2.30. The summed E-state index contributed by atoms with van der Waals surface area (Å²) in [4.78, 5) is 9.05. The van der Waals surface area contributed by atoms with Gasteiger partial charge in [-0.2, -0.15) is 0 Å². The lowest BCUT2D eigenvalue weighted by Gasteiger charge is -2.22. The SMILES string of the molecule is COc1ccc(-c2cnc3c(Nc4ccc(N(CCOCCN)S(=O)O)c(C)c4)nccn23)cc1. The second-order valence-electron chi connectivity index (χ2n) is 7.70. The third kappa shape index (κ3) is 5.60. The minimum absolute atomic E-state index is 0.264. The summed E-state index contributed by atoms with van der Waals surface area (Å²) >= 11 is -2.18. The minimum atomic E-state index is -2.18. The van der Waals surface area contributed by atoms with E-state index < -0.39 is 11.3 Å². The first kappa shape index (κ1) is 24.6. The monoisotopic (exact) mass is 496 g/mol. The van der Waals surface area contributed by atoms with Gasteiger partial charge in [0.25, 0.3) is 11.3 Å². The average molecular weight is 497 g/mol. The summed E-state index contributed by atoms with van der Waals surface area (Å²) in [6.45, 7) is 3.25. The predicted octanol–water partition coefficient (Wildman–Crippen LogP) is 3.38. The van der Waals surface area contributed by atoms with Gasteiger partial charge in [-0.25, -0.2) is 14.2 Å². The Kier molecular flexibility index (Phi) is 7.93. The molecule has 1 atom stereocenters. The number of hydrogen-bond acceptors (Lipinski definition) is 7. The summed E-state index contributed by atoms with van der Waals surface area (Å²) in [5.41, 5.74) is 10.3. The predicted molar refractivity (Wildman–Crippen MR) is 137 cm³/mol. The van der Waals surface area contributed by atoms with Gasteiger partial charge in [0, 0.05) is 30.2 Å². The van der Waals surface area contributed by atoms with Gasteiger partial charge < -0.3 is 20.5 Å². The normalized spacial score (nSPS) is 12.0. The second-order valence-corrected chi connectivity index (χ2v) is 8.60. The van der Waals surface area contributed by atoms with E-state index in [4.69, 9.17) is 15.2 Å². The molecule has 4 aromatic rings. The lowest BCUT2D eigenvalue weighted by molar-refractivity contribution is 0.149. The van der Waals surface area contributed by atoms with Crippen LogP contribution in [0.4, 0.5) is 17.2 Å². The maximum Gasteiger partial charge on any atom is 0.261 e. The van der Waals surface area contributed by atoms with E-state index in [2.05, 4.69) is 15.3 Å². The average Bonchev–Trinajstić information content (AvgIpc) is 3.30. The molecule has 2 heterocycles. The second kappa shape index (κ2) is 11.3. The number of aryl methyl sites for hydroxylation is 1. The zero-order valence-corrected chi connectivity index (χ0v) is 20.4. The topological polar surface area (TPSA) is 127 Å². The van der Waals surface area contributed by atoms with Crippen LogP contribution in [0, 0.1) is 6.92 Å². The number of nitrogens with one attached hydrogen (secondary N) is 1. The Bertz CT molecular complexity index is 1310. The van der Waals surface area contributed by atoms with Crippen molar-refractivity contribution in [1.82, 2.24) is 14.4 Å². The summed E-state index contributed by atoms with van der Waals surface area (Å²) < 4.78 is 35.6. The van der Waals surface area contributed by atoms with Crippen LogP contribution in [0.1, 0.15) is 5.56 Å². The molecule has 35 heavy (non-hydrogen) atoms. The van der Waals surface area contributed by atoms with Crippen LogP contribution in [-0.2, 0) is 16.0 Å². The number of aromatic nitrogens is 3. The molecular weight excluding hydrogens is 468 g/mol. The molecule has 184 valence electrons. The van der Waals surface area contributed by atoms with Crippen molar-refractivity contribution in [3.63, 3.8) is 0 Å². The molecule has 0 aliphatic carbocycles. The third-order valence-electron chi connectivity index (χ3n) is 5.43. The summed E-state index contributed by atoms with van der Waals surface area (Å²) in [7, 11) is 1.64. The zero-order chi connectivity index (χ0) is 24.8. The molecule has 0 aliphatic heterocycles. The van der Waals surface area contributed by atoms with E-state index in [0.29, 0.717) is 36.9 Å². The van der Waals surface area contributed by atoms with E-state index in [1.54, 1.807) is 25.6 Å². The maximum absolute atomic E-state index is 11.9. The summed E-state index contributed by atoms with van der Waals surface area (Å²) in [6.07, 6.45) is 5.38. The quantitative estimate of drug-likeness (QED) is 0.213. The maximum atomic E-state index is 11.9. The standard InChI is InChI=1S/C24H28N6O4S/c1-17-15-19(5-8-21(17)30(35(31)32)12-14-34-13-9-25)28-23-24-27-16-22(29(24)11-10-26-23)18-3-6-20(33-2)7-4-18/h3-8,10-11,15-16H,9,12-14,25H2,1-2H3,(H,26,28)(H,31,32). The van der Waals surface area contributed by atoms with Crippen molar-refractivity contribution in [2.45, 2.75) is 6.92 Å². The van der Waals surface area contributed by atoms with E-state index in [1.165, 1.54) is 4.31 Å². The number of nitrogens with two attached hydrogens (primary N) is 1. The van der Waals surface area contributed by atoms with Crippen molar-refractivity contribution in [2.75, 3.05) is 43.0 Å². The number of ether oxygens (including phenoxy) is 2. The van der Waals surface area contributed by atoms with Crippen LogP contribution in [0.25, 0.3) is 16.9 Å².